The molecule has 1 aliphatic carbocycles. The summed E-state index contributed by atoms with van der Waals surface area (Å²) in [5.74, 6) is -0.0518. The van der Waals surface area contributed by atoms with Crippen molar-refractivity contribution in [1.29, 1.82) is 0 Å². The summed E-state index contributed by atoms with van der Waals surface area (Å²) in [7, 11) is 0. The first-order valence-electron chi connectivity index (χ1n) is 5.94. The van der Waals surface area contributed by atoms with Crippen LogP contribution in [0, 0.1) is 5.92 Å². The van der Waals surface area contributed by atoms with E-state index in [0.717, 1.165) is 19.1 Å². The van der Waals surface area contributed by atoms with Gasteiger partial charge in [-0.1, -0.05) is 24.6 Å². The topological polar surface area (TPSA) is 35.5 Å². The molecular weight excluding hydrogens is 204 g/mol. The Kier molecular flexibility index (Phi) is 3.91. The third kappa shape index (κ3) is 2.42. The molecule has 0 radical (unpaired) electrons. The second-order valence-electron chi connectivity index (χ2n) is 4.27. The number of rotatable bonds is 3. The molecule has 1 saturated heterocycles. The fraction of sp³-hybridized carbons (Fsp3) is 0.615. The predicted octanol–water partition coefficient (Wildman–Crippen LogP) is 2.23. The molecule has 0 aromatic carbocycles. The van der Waals surface area contributed by atoms with E-state index in [0.29, 0.717) is 19.1 Å². The Morgan fingerprint density at radius 2 is 1.88 bits per heavy atom. The second kappa shape index (κ2) is 5.41. The molecule has 0 N–H and O–H groups in total. The highest BCUT2D eigenvalue weighted by molar-refractivity contribution is 5.65. The van der Waals surface area contributed by atoms with Gasteiger partial charge in [-0.05, 0) is 18.9 Å². The Bertz CT molecular complexity index is 288. The number of carbonyl (C=O) groups excluding carboxylic acids is 1. The monoisotopic (exact) mass is 222 g/mol. The molecule has 3 heteroatoms. The summed E-state index contributed by atoms with van der Waals surface area (Å²) in [4.78, 5) is 10.1. The second-order valence-corrected chi connectivity index (χ2v) is 4.27. The SMILES string of the molecule is O=C/C=C/C=C/C1CCCCC12OCCO2. The van der Waals surface area contributed by atoms with Gasteiger partial charge in [0, 0.05) is 12.3 Å². The highest BCUT2D eigenvalue weighted by Gasteiger charge is 2.44. The van der Waals surface area contributed by atoms with Crippen LogP contribution in [0.5, 0.6) is 0 Å². The van der Waals surface area contributed by atoms with Gasteiger partial charge >= 0.3 is 0 Å². The lowest BCUT2D eigenvalue weighted by Crippen LogP contribution is -2.40. The maximum Gasteiger partial charge on any atom is 0.174 e. The van der Waals surface area contributed by atoms with Crippen molar-refractivity contribution in [3.05, 3.63) is 24.3 Å². The molecule has 1 atom stereocenters. The molecule has 1 aliphatic heterocycles. The number of hydrogen-bond acceptors (Lipinski definition) is 3. The van der Waals surface area contributed by atoms with Crippen molar-refractivity contribution < 1.29 is 14.3 Å². The van der Waals surface area contributed by atoms with Crippen LogP contribution < -0.4 is 0 Å². The summed E-state index contributed by atoms with van der Waals surface area (Å²) in [5.41, 5.74) is 0. The quantitative estimate of drug-likeness (QED) is 0.417. The highest BCUT2D eigenvalue weighted by atomic mass is 16.7. The van der Waals surface area contributed by atoms with Gasteiger partial charge in [0.05, 0.1) is 13.2 Å². The summed E-state index contributed by atoms with van der Waals surface area (Å²) in [6, 6.07) is 0. The van der Waals surface area contributed by atoms with E-state index >= 15 is 0 Å². The van der Waals surface area contributed by atoms with E-state index in [2.05, 4.69) is 6.08 Å². The van der Waals surface area contributed by atoms with Gasteiger partial charge in [-0.25, -0.2) is 0 Å². The minimum atomic E-state index is -0.371. The zero-order valence-corrected chi connectivity index (χ0v) is 9.43. The number of allylic oxidation sites excluding steroid dienone is 3. The summed E-state index contributed by atoms with van der Waals surface area (Å²) in [6.07, 6.45) is 12.5. The normalized spacial score (nSPS) is 29.4. The van der Waals surface area contributed by atoms with Crippen LogP contribution in [0.15, 0.2) is 24.3 Å². The molecule has 0 aromatic heterocycles. The van der Waals surface area contributed by atoms with E-state index in [1.54, 1.807) is 6.08 Å². The van der Waals surface area contributed by atoms with Gasteiger partial charge in [-0.15, -0.1) is 0 Å². The zero-order chi connectivity index (χ0) is 11.3. The molecular formula is C13H18O3. The van der Waals surface area contributed by atoms with Gasteiger partial charge in [0.1, 0.15) is 6.29 Å². The van der Waals surface area contributed by atoms with Crippen molar-refractivity contribution in [2.24, 2.45) is 5.92 Å². The van der Waals surface area contributed by atoms with Crippen LogP contribution in [-0.4, -0.2) is 25.3 Å². The maximum absolute atomic E-state index is 10.1. The van der Waals surface area contributed by atoms with Crippen LogP contribution in [-0.2, 0) is 14.3 Å². The lowest BCUT2D eigenvalue weighted by molar-refractivity contribution is -0.200. The van der Waals surface area contributed by atoms with Crippen molar-refractivity contribution in [2.45, 2.75) is 31.5 Å². The Morgan fingerprint density at radius 3 is 2.62 bits per heavy atom. The largest absolute Gasteiger partial charge is 0.347 e. The van der Waals surface area contributed by atoms with E-state index in [9.17, 15) is 4.79 Å². The van der Waals surface area contributed by atoms with Crippen molar-refractivity contribution in [3.8, 4) is 0 Å². The standard InChI is InChI=1S/C13H18O3/c14-9-5-1-2-6-12-7-3-4-8-13(12)15-10-11-16-13/h1-2,5-6,9,12H,3-4,7-8,10-11H2/b5-1+,6-2+. The Labute approximate surface area is 96.1 Å². The van der Waals surface area contributed by atoms with Crippen LogP contribution in [0.25, 0.3) is 0 Å². The van der Waals surface area contributed by atoms with Crippen molar-refractivity contribution in [3.63, 3.8) is 0 Å². The van der Waals surface area contributed by atoms with Gasteiger partial charge in [0.2, 0.25) is 0 Å². The Balaban J connectivity index is 2.02. The molecule has 1 spiro atoms. The lowest BCUT2D eigenvalue weighted by Gasteiger charge is -2.37. The van der Waals surface area contributed by atoms with Crippen molar-refractivity contribution in [1.82, 2.24) is 0 Å². The van der Waals surface area contributed by atoms with Crippen molar-refractivity contribution >= 4 is 6.29 Å². The first-order valence-corrected chi connectivity index (χ1v) is 5.94. The number of ether oxygens (including phenoxy) is 2. The summed E-state index contributed by atoms with van der Waals surface area (Å²) in [6.45, 7) is 1.41. The molecule has 1 unspecified atom stereocenters. The molecule has 2 fully saturated rings. The van der Waals surface area contributed by atoms with Crippen LogP contribution in [0.3, 0.4) is 0 Å². The van der Waals surface area contributed by atoms with Gasteiger partial charge in [0.15, 0.2) is 5.79 Å². The van der Waals surface area contributed by atoms with E-state index in [1.807, 2.05) is 6.08 Å². The number of aldehydes is 1. The fourth-order valence-electron chi connectivity index (χ4n) is 2.52. The minimum Gasteiger partial charge on any atom is -0.347 e. The summed E-state index contributed by atoms with van der Waals surface area (Å²) in [5, 5.41) is 0. The maximum atomic E-state index is 10.1. The fourth-order valence-corrected chi connectivity index (χ4v) is 2.52. The molecule has 0 aromatic rings. The molecule has 1 saturated carbocycles. The third-order valence-electron chi connectivity index (χ3n) is 3.28. The molecule has 2 aliphatic rings. The zero-order valence-electron chi connectivity index (χ0n) is 9.43. The van der Waals surface area contributed by atoms with E-state index < -0.39 is 0 Å². The minimum absolute atomic E-state index is 0.319. The smallest absolute Gasteiger partial charge is 0.174 e. The van der Waals surface area contributed by atoms with Crippen LogP contribution >= 0.6 is 0 Å². The van der Waals surface area contributed by atoms with E-state index in [-0.39, 0.29) is 5.79 Å². The van der Waals surface area contributed by atoms with E-state index in [4.69, 9.17) is 9.47 Å². The molecule has 0 bridgehead atoms. The van der Waals surface area contributed by atoms with Gasteiger partial charge in [0.25, 0.3) is 0 Å². The summed E-state index contributed by atoms with van der Waals surface area (Å²) >= 11 is 0. The van der Waals surface area contributed by atoms with Crippen LogP contribution in [0.2, 0.25) is 0 Å². The molecule has 88 valence electrons. The first kappa shape index (κ1) is 11.6. The molecule has 3 nitrogen and oxygen atoms in total. The van der Waals surface area contributed by atoms with Gasteiger partial charge in [-0.2, -0.15) is 0 Å². The Hall–Kier alpha value is -0.930. The predicted molar refractivity (Wildman–Crippen MR) is 60.9 cm³/mol. The van der Waals surface area contributed by atoms with E-state index in [1.165, 1.54) is 18.9 Å². The molecule has 2 rings (SSSR count). The highest BCUT2D eigenvalue weighted by Crippen LogP contribution is 2.41. The Morgan fingerprint density at radius 1 is 1.06 bits per heavy atom. The van der Waals surface area contributed by atoms with Gasteiger partial charge in [-0.3, -0.25) is 4.79 Å². The average molecular weight is 222 g/mol. The number of carbonyl (C=O) groups is 1. The molecule has 16 heavy (non-hydrogen) atoms. The molecule has 0 amide bonds. The third-order valence-corrected chi connectivity index (χ3v) is 3.28. The molecule has 1 heterocycles. The summed E-state index contributed by atoms with van der Waals surface area (Å²) < 4.78 is 11.6. The lowest BCUT2D eigenvalue weighted by atomic mass is 9.83. The van der Waals surface area contributed by atoms with Crippen molar-refractivity contribution in [2.75, 3.05) is 13.2 Å². The van der Waals surface area contributed by atoms with Gasteiger partial charge < -0.3 is 9.47 Å². The van der Waals surface area contributed by atoms with Crippen LogP contribution in [0.1, 0.15) is 25.7 Å². The van der Waals surface area contributed by atoms with Crippen LogP contribution in [0.4, 0.5) is 0 Å². The first-order chi connectivity index (χ1) is 7.87. The average Bonchev–Trinajstić information content (AvgIpc) is 2.76. The number of hydrogen-bond donors (Lipinski definition) is 0.